The predicted molar refractivity (Wildman–Crippen MR) is 93.9 cm³/mol. The average Bonchev–Trinajstić information content (AvgIpc) is 2.51. The number of hydrogen-bond acceptors (Lipinski definition) is 1. The third-order valence-electron chi connectivity index (χ3n) is 4.38. The fraction of sp³-hybridized carbons (Fsp3) is 0.500. The van der Waals surface area contributed by atoms with Crippen LogP contribution in [0.25, 0.3) is 10.8 Å². The molecule has 0 aliphatic heterocycles. The summed E-state index contributed by atoms with van der Waals surface area (Å²) in [7, 11) is 0. The number of aryl methyl sites for hydroxylation is 2. The Morgan fingerprint density at radius 2 is 1.71 bits per heavy atom. The second kappa shape index (κ2) is 8.19. The van der Waals surface area contributed by atoms with Gasteiger partial charge in [0.15, 0.2) is 0 Å². The first-order valence-electron chi connectivity index (χ1n) is 8.40. The lowest BCUT2D eigenvalue weighted by molar-refractivity contribution is 0.471. The molecule has 0 saturated carbocycles. The first-order chi connectivity index (χ1) is 10.2. The van der Waals surface area contributed by atoms with Crippen LogP contribution in [0.3, 0.4) is 0 Å². The van der Waals surface area contributed by atoms with Gasteiger partial charge in [-0.25, -0.2) is 0 Å². The van der Waals surface area contributed by atoms with Gasteiger partial charge >= 0.3 is 0 Å². The van der Waals surface area contributed by atoms with Crippen LogP contribution in [0.2, 0.25) is 0 Å². The fourth-order valence-electron chi connectivity index (χ4n) is 2.93. The molecule has 0 aromatic heterocycles. The van der Waals surface area contributed by atoms with Crippen LogP contribution in [-0.2, 0) is 6.42 Å². The molecule has 1 nitrogen and oxygen atoms in total. The minimum absolute atomic E-state index is 0.787. The van der Waals surface area contributed by atoms with E-state index in [1.165, 1.54) is 47.6 Å². The van der Waals surface area contributed by atoms with Crippen LogP contribution in [0.5, 0.6) is 0 Å². The van der Waals surface area contributed by atoms with Gasteiger partial charge in [0, 0.05) is 0 Å². The standard InChI is InChI=1S/C20H29N/c1-4-14-21-15-13-16(2)9-11-18-12-10-17(3)19-7-5-6-8-20(18)19/h5-8,10,12,16,21H,4,9,11,13-15H2,1-3H3. The lowest BCUT2D eigenvalue weighted by Gasteiger charge is -2.14. The van der Waals surface area contributed by atoms with E-state index < -0.39 is 0 Å². The minimum atomic E-state index is 0.787. The molecule has 1 atom stereocenters. The molecule has 2 rings (SSSR count). The van der Waals surface area contributed by atoms with Crippen molar-refractivity contribution in [2.45, 2.75) is 46.5 Å². The van der Waals surface area contributed by atoms with Gasteiger partial charge in [0.25, 0.3) is 0 Å². The molecule has 114 valence electrons. The van der Waals surface area contributed by atoms with Crippen molar-refractivity contribution in [3.63, 3.8) is 0 Å². The molecule has 0 spiro atoms. The lowest BCUT2D eigenvalue weighted by atomic mass is 9.93. The van der Waals surface area contributed by atoms with E-state index in [2.05, 4.69) is 62.5 Å². The molecule has 0 aliphatic rings. The molecule has 0 fully saturated rings. The van der Waals surface area contributed by atoms with Crippen LogP contribution in [0.4, 0.5) is 0 Å². The van der Waals surface area contributed by atoms with Gasteiger partial charge in [0.1, 0.15) is 0 Å². The van der Waals surface area contributed by atoms with Crippen LogP contribution >= 0.6 is 0 Å². The largest absolute Gasteiger partial charge is 0.317 e. The molecule has 1 heteroatoms. The van der Waals surface area contributed by atoms with Crippen LogP contribution in [0.15, 0.2) is 36.4 Å². The molecule has 21 heavy (non-hydrogen) atoms. The van der Waals surface area contributed by atoms with E-state index in [4.69, 9.17) is 0 Å². The summed E-state index contributed by atoms with van der Waals surface area (Å²) in [6.45, 7) is 9.11. The highest BCUT2D eigenvalue weighted by Crippen LogP contribution is 2.24. The summed E-state index contributed by atoms with van der Waals surface area (Å²) >= 11 is 0. The Balaban J connectivity index is 1.93. The highest BCUT2D eigenvalue weighted by molar-refractivity contribution is 5.88. The Bertz CT molecular complexity index is 559. The normalized spacial score (nSPS) is 12.7. The Labute approximate surface area is 129 Å². The molecule has 1 unspecified atom stereocenters. The average molecular weight is 283 g/mol. The molecule has 0 bridgehead atoms. The quantitative estimate of drug-likeness (QED) is 0.664. The van der Waals surface area contributed by atoms with Crippen LogP contribution < -0.4 is 5.32 Å². The first kappa shape index (κ1) is 16.0. The van der Waals surface area contributed by atoms with Crippen molar-refractivity contribution >= 4 is 10.8 Å². The summed E-state index contributed by atoms with van der Waals surface area (Å²) < 4.78 is 0. The maximum atomic E-state index is 3.50. The van der Waals surface area contributed by atoms with E-state index in [0.717, 1.165) is 19.0 Å². The number of fused-ring (bicyclic) bond motifs is 1. The molecule has 2 aromatic carbocycles. The van der Waals surface area contributed by atoms with Crippen molar-refractivity contribution in [2.24, 2.45) is 5.92 Å². The number of rotatable bonds is 8. The van der Waals surface area contributed by atoms with Gasteiger partial charge in [-0.05, 0) is 73.5 Å². The fourth-order valence-corrected chi connectivity index (χ4v) is 2.93. The molecule has 0 heterocycles. The Morgan fingerprint density at radius 1 is 0.952 bits per heavy atom. The van der Waals surface area contributed by atoms with Gasteiger partial charge in [-0.2, -0.15) is 0 Å². The number of benzene rings is 2. The van der Waals surface area contributed by atoms with Crippen molar-refractivity contribution in [3.8, 4) is 0 Å². The molecule has 1 N–H and O–H groups in total. The summed E-state index contributed by atoms with van der Waals surface area (Å²) in [6.07, 6.45) is 4.98. The maximum absolute atomic E-state index is 3.50. The molecular formula is C20H29N. The van der Waals surface area contributed by atoms with Crippen LogP contribution in [0.1, 0.15) is 44.2 Å². The van der Waals surface area contributed by atoms with Crippen molar-refractivity contribution in [1.29, 1.82) is 0 Å². The predicted octanol–water partition coefficient (Wildman–Crippen LogP) is 5.11. The Kier molecular flexibility index (Phi) is 6.25. The molecular weight excluding hydrogens is 254 g/mol. The third-order valence-corrected chi connectivity index (χ3v) is 4.38. The second-order valence-corrected chi connectivity index (χ2v) is 6.27. The van der Waals surface area contributed by atoms with Gasteiger partial charge in [0.05, 0.1) is 0 Å². The van der Waals surface area contributed by atoms with E-state index in [1.807, 2.05) is 0 Å². The molecule has 2 aromatic rings. The third kappa shape index (κ3) is 4.57. The maximum Gasteiger partial charge on any atom is -0.00464 e. The zero-order chi connectivity index (χ0) is 15.1. The topological polar surface area (TPSA) is 12.0 Å². The van der Waals surface area contributed by atoms with Crippen LogP contribution in [-0.4, -0.2) is 13.1 Å². The minimum Gasteiger partial charge on any atom is -0.317 e. The van der Waals surface area contributed by atoms with Gasteiger partial charge in [-0.3, -0.25) is 0 Å². The van der Waals surface area contributed by atoms with E-state index >= 15 is 0 Å². The zero-order valence-corrected chi connectivity index (χ0v) is 13.8. The van der Waals surface area contributed by atoms with Gasteiger partial charge in [-0.1, -0.05) is 50.2 Å². The Hall–Kier alpha value is -1.34. The SMILES string of the molecule is CCCNCCC(C)CCc1ccc(C)c2ccccc12. The van der Waals surface area contributed by atoms with Gasteiger partial charge in [-0.15, -0.1) is 0 Å². The van der Waals surface area contributed by atoms with E-state index in [1.54, 1.807) is 0 Å². The van der Waals surface area contributed by atoms with Crippen LogP contribution in [0, 0.1) is 12.8 Å². The molecule has 0 aliphatic carbocycles. The summed E-state index contributed by atoms with van der Waals surface area (Å²) in [6, 6.07) is 13.4. The van der Waals surface area contributed by atoms with E-state index in [-0.39, 0.29) is 0 Å². The van der Waals surface area contributed by atoms with Gasteiger partial charge < -0.3 is 5.32 Å². The summed E-state index contributed by atoms with van der Waals surface area (Å²) in [5, 5.41) is 6.35. The van der Waals surface area contributed by atoms with Crippen molar-refractivity contribution in [2.75, 3.05) is 13.1 Å². The summed E-state index contributed by atoms with van der Waals surface area (Å²) in [5.74, 6) is 0.787. The first-order valence-corrected chi connectivity index (χ1v) is 8.40. The number of hydrogen-bond donors (Lipinski definition) is 1. The zero-order valence-electron chi connectivity index (χ0n) is 13.8. The van der Waals surface area contributed by atoms with Crippen molar-refractivity contribution in [1.82, 2.24) is 5.32 Å². The number of nitrogens with one attached hydrogen (secondary N) is 1. The Morgan fingerprint density at radius 3 is 2.48 bits per heavy atom. The summed E-state index contributed by atoms with van der Waals surface area (Å²) in [4.78, 5) is 0. The van der Waals surface area contributed by atoms with Crippen molar-refractivity contribution < 1.29 is 0 Å². The van der Waals surface area contributed by atoms with E-state index in [9.17, 15) is 0 Å². The van der Waals surface area contributed by atoms with E-state index in [0.29, 0.717) is 0 Å². The highest BCUT2D eigenvalue weighted by atomic mass is 14.8. The molecule has 0 amide bonds. The smallest absolute Gasteiger partial charge is 0.00464 e. The molecule has 0 radical (unpaired) electrons. The van der Waals surface area contributed by atoms with Crippen molar-refractivity contribution in [3.05, 3.63) is 47.5 Å². The molecule has 0 saturated heterocycles. The monoisotopic (exact) mass is 283 g/mol. The highest BCUT2D eigenvalue weighted by Gasteiger charge is 2.06. The van der Waals surface area contributed by atoms with Gasteiger partial charge in [0.2, 0.25) is 0 Å². The second-order valence-electron chi connectivity index (χ2n) is 6.27. The summed E-state index contributed by atoms with van der Waals surface area (Å²) in [5.41, 5.74) is 2.88. The lowest BCUT2D eigenvalue weighted by Crippen LogP contribution is -2.18.